The van der Waals surface area contributed by atoms with Crippen molar-refractivity contribution in [3.8, 4) is 0 Å². The Hall–Kier alpha value is -2.63. The third-order valence-electron chi connectivity index (χ3n) is 4.17. The second kappa shape index (κ2) is 7.29. The van der Waals surface area contributed by atoms with Crippen LogP contribution in [0.2, 0.25) is 0 Å². The lowest BCUT2D eigenvalue weighted by atomic mass is 10.2. The number of hydrogen-bond donors (Lipinski definition) is 2. The second-order valence-electron chi connectivity index (χ2n) is 6.23. The van der Waals surface area contributed by atoms with Crippen LogP contribution in [0.4, 0.5) is 11.4 Å². The fraction of sp³-hybridized carbons (Fsp3) is 0.389. The zero-order valence-electron chi connectivity index (χ0n) is 13.8. The van der Waals surface area contributed by atoms with Gasteiger partial charge in [0.15, 0.2) is 0 Å². The summed E-state index contributed by atoms with van der Waals surface area (Å²) in [7, 11) is 0. The van der Waals surface area contributed by atoms with E-state index < -0.39 is 0 Å². The van der Waals surface area contributed by atoms with E-state index in [0.29, 0.717) is 17.4 Å². The minimum atomic E-state index is -0.285. The SMILES string of the molecule is Cc1ccc(=O)n(CC(=O)Nc2cccc(NC3CCCC3)c2)n1. The van der Waals surface area contributed by atoms with Crippen molar-refractivity contribution in [3.05, 3.63) is 52.4 Å². The van der Waals surface area contributed by atoms with E-state index in [1.54, 1.807) is 13.0 Å². The van der Waals surface area contributed by atoms with Crippen LogP contribution in [0.3, 0.4) is 0 Å². The van der Waals surface area contributed by atoms with Gasteiger partial charge in [0.25, 0.3) is 5.56 Å². The summed E-state index contributed by atoms with van der Waals surface area (Å²) in [5.41, 5.74) is 2.13. The van der Waals surface area contributed by atoms with Crippen molar-refractivity contribution in [2.24, 2.45) is 0 Å². The Labute approximate surface area is 140 Å². The lowest BCUT2D eigenvalue weighted by Gasteiger charge is -2.14. The smallest absolute Gasteiger partial charge is 0.267 e. The van der Waals surface area contributed by atoms with Gasteiger partial charge < -0.3 is 10.6 Å². The molecule has 0 radical (unpaired) electrons. The van der Waals surface area contributed by atoms with Crippen molar-refractivity contribution in [2.75, 3.05) is 10.6 Å². The van der Waals surface area contributed by atoms with Crippen molar-refractivity contribution >= 4 is 17.3 Å². The molecule has 6 nitrogen and oxygen atoms in total. The van der Waals surface area contributed by atoms with Crippen molar-refractivity contribution in [1.82, 2.24) is 9.78 Å². The van der Waals surface area contributed by atoms with Crippen LogP contribution in [0.25, 0.3) is 0 Å². The number of carbonyl (C=O) groups is 1. The van der Waals surface area contributed by atoms with Crippen molar-refractivity contribution in [3.63, 3.8) is 0 Å². The Bertz CT molecular complexity index is 779. The number of nitrogens with zero attached hydrogens (tertiary/aromatic N) is 2. The molecule has 126 valence electrons. The summed E-state index contributed by atoms with van der Waals surface area (Å²) in [6.45, 7) is 1.69. The predicted molar refractivity (Wildman–Crippen MR) is 94.2 cm³/mol. The highest BCUT2D eigenvalue weighted by molar-refractivity contribution is 5.91. The molecule has 0 saturated heterocycles. The maximum absolute atomic E-state index is 12.2. The molecule has 1 aromatic heterocycles. The van der Waals surface area contributed by atoms with Crippen LogP contribution in [0.1, 0.15) is 31.4 Å². The molecule has 1 fully saturated rings. The Morgan fingerprint density at radius 2 is 1.96 bits per heavy atom. The van der Waals surface area contributed by atoms with Crippen molar-refractivity contribution < 1.29 is 4.79 Å². The van der Waals surface area contributed by atoms with Crippen LogP contribution in [0.15, 0.2) is 41.2 Å². The van der Waals surface area contributed by atoms with Crippen molar-refractivity contribution in [1.29, 1.82) is 0 Å². The molecule has 0 atom stereocenters. The minimum Gasteiger partial charge on any atom is -0.382 e. The number of hydrogen-bond acceptors (Lipinski definition) is 4. The van der Waals surface area contributed by atoms with Gasteiger partial charge in [0.05, 0.1) is 5.69 Å². The second-order valence-corrected chi connectivity index (χ2v) is 6.23. The highest BCUT2D eigenvalue weighted by atomic mass is 16.2. The number of anilines is 2. The molecule has 0 unspecified atom stereocenters. The summed E-state index contributed by atoms with van der Waals surface area (Å²) in [5, 5.41) is 10.4. The zero-order chi connectivity index (χ0) is 16.9. The largest absolute Gasteiger partial charge is 0.382 e. The summed E-state index contributed by atoms with van der Waals surface area (Å²) in [6, 6.07) is 11.2. The average Bonchev–Trinajstić information content (AvgIpc) is 3.04. The number of aryl methyl sites for hydroxylation is 1. The van der Waals surface area contributed by atoms with Crippen molar-refractivity contribution in [2.45, 2.75) is 45.2 Å². The molecule has 3 rings (SSSR count). The summed E-state index contributed by atoms with van der Waals surface area (Å²) < 4.78 is 1.17. The lowest BCUT2D eigenvalue weighted by molar-refractivity contribution is -0.117. The Balaban J connectivity index is 1.63. The van der Waals surface area contributed by atoms with Gasteiger partial charge in [-0.05, 0) is 44.0 Å². The number of aromatic nitrogens is 2. The first kappa shape index (κ1) is 16.2. The first-order valence-corrected chi connectivity index (χ1v) is 8.31. The van der Waals surface area contributed by atoms with Gasteiger partial charge >= 0.3 is 0 Å². The van der Waals surface area contributed by atoms with E-state index >= 15 is 0 Å². The molecule has 1 aliphatic carbocycles. The van der Waals surface area contributed by atoms with E-state index in [1.165, 1.54) is 36.4 Å². The fourth-order valence-electron chi connectivity index (χ4n) is 2.99. The molecular weight excluding hydrogens is 304 g/mol. The minimum absolute atomic E-state index is 0.0964. The molecule has 2 aromatic rings. The van der Waals surface area contributed by atoms with Crippen LogP contribution in [-0.4, -0.2) is 21.7 Å². The number of carbonyl (C=O) groups excluding carboxylic acids is 1. The molecule has 6 heteroatoms. The van der Waals surface area contributed by atoms with E-state index in [1.807, 2.05) is 24.3 Å². The number of nitrogens with one attached hydrogen (secondary N) is 2. The molecule has 2 N–H and O–H groups in total. The molecule has 0 aliphatic heterocycles. The first-order chi connectivity index (χ1) is 11.6. The van der Waals surface area contributed by atoms with Gasteiger partial charge in [0.2, 0.25) is 5.91 Å². The summed E-state index contributed by atoms with van der Waals surface area (Å²) in [5.74, 6) is -0.270. The maximum Gasteiger partial charge on any atom is 0.267 e. The molecule has 24 heavy (non-hydrogen) atoms. The van der Waals surface area contributed by atoms with Crippen LogP contribution < -0.4 is 16.2 Å². The number of benzene rings is 1. The third kappa shape index (κ3) is 4.22. The van der Waals surface area contributed by atoms with Gasteiger partial charge in [0, 0.05) is 23.5 Å². The van der Waals surface area contributed by atoms with Crippen LogP contribution >= 0.6 is 0 Å². The zero-order valence-corrected chi connectivity index (χ0v) is 13.8. The average molecular weight is 326 g/mol. The lowest BCUT2D eigenvalue weighted by Crippen LogP contribution is -2.29. The quantitative estimate of drug-likeness (QED) is 0.885. The van der Waals surface area contributed by atoms with E-state index in [0.717, 1.165) is 5.69 Å². The Morgan fingerprint density at radius 3 is 2.75 bits per heavy atom. The fourth-order valence-corrected chi connectivity index (χ4v) is 2.99. The molecule has 1 aliphatic rings. The molecule has 1 saturated carbocycles. The van der Waals surface area contributed by atoms with E-state index in [9.17, 15) is 9.59 Å². The number of amides is 1. The van der Waals surface area contributed by atoms with Gasteiger partial charge in [-0.15, -0.1) is 0 Å². The molecular formula is C18H22N4O2. The monoisotopic (exact) mass is 326 g/mol. The van der Waals surface area contributed by atoms with Crippen LogP contribution in [0, 0.1) is 6.92 Å². The molecule has 1 aromatic carbocycles. The van der Waals surface area contributed by atoms with E-state index in [2.05, 4.69) is 15.7 Å². The highest BCUT2D eigenvalue weighted by Crippen LogP contribution is 2.23. The highest BCUT2D eigenvalue weighted by Gasteiger charge is 2.14. The molecule has 0 bridgehead atoms. The van der Waals surface area contributed by atoms with Gasteiger partial charge in [-0.3, -0.25) is 9.59 Å². The first-order valence-electron chi connectivity index (χ1n) is 8.31. The topological polar surface area (TPSA) is 76.0 Å². The predicted octanol–water partition coefficient (Wildman–Crippen LogP) is 2.54. The van der Waals surface area contributed by atoms with Crippen LogP contribution in [0.5, 0.6) is 0 Å². The Kier molecular flexibility index (Phi) is 4.93. The van der Waals surface area contributed by atoms with Gasteiger partial charge in [-0.25, -0.2) is 4.68 Å². The standard InChI is InChI=1S/C18H22N4O2/c1-13-9-10-18(24)22(21-13)12-17(23)20-16-8-4-7-15(11-16)19-14-5-2-3-6-14/h4,7-11,14,19H,2-3,5-6,12H2,1H3,(H,20,23). The normalized spacial score (nSPS) is 14.5. The molecule has 0 spiro atoms. The van der Waals surface area contributed by atoms with Gasteiger partial charge in [-0.1, -0.05) is 18.9 Å². The summed E-state index contributed by atoms with van der Waals surface area (Å²) in [6.07, 6.45) is 4.93. The van der Waals surface area contributed by atoms with Gasteiger partial charge in [0.1, 0.15) is 6.54 Å². The third-order valence-corrected chi connectivity index (χ3v) is 4.17. The summed E-state index contributed by atoms with van der Waals surface area (Å²) >= 11 is 0. The molecule has 1 heterocycles. The number of rotatable bonds is 5. The van der Waals surface area contributed by atoms with Crippen LogP contribution in [-0.2, 0) is 11.3 Å². The summed E-state index contributed by atoms with van der Waals surface area (Å²) in [4.78, 5) is 23.9. The van der Waals surface area contributed by atoms with Gasteiger partial charge in [-0.2, -0.15) is 5.10 Å². The Morgan fingerprint density at radius 1 is 1.21 bits per heavy atom. The van der Waals surface area contributed by atoms with E-state index in [4.69, 9.17) is 0 Å². The van der Waals surface area contributed by atoms with E-state index in [-0.39, 0.29) is 18.0 Å². The maximum atomic E-state index is 12.2. The molecule has 1 amide bonds.